The van der Waals surface area contributed by atoms with Gasteiger partial charge in [0.1, 0.15) is 17.9 Å². The van der Waals surface area contributed by atoms with Gasteiger partial charge in [-0.25, -0.2) is 9.18 Å². The Balaban J connectivity index is 0.00000280. The summed E-state index contributed by atoms with van der Waals surface area (Å²) in [5.41, 5.74) is 4.94. The fraction of sp³-hybridized carbons (Fsp3) is 0.526. The number of carbonyl (C=O) groups excluding carboxylic acids is 3. The molecule has 2 heterocycles. The normalized spacial score (nSPS) is 27.4. The number of halogens is 2. The number of urea groups is 1. The van der Waals surface area contributed by atoms with E-state index >= 15 is 0 Å². The molecule has 3 unspecified atom stereocenters. The molecule has 2 aliphatic rings. The van der Waals surface area contributed by atoms with Gasteiger partial charge in [-0.05, 0) is 43.4 Å². The molecule has 0 spiro atoms. The molecule has 3 N–H and O–H groups in total. The molecule has 2 saturated heterocycles. The molecule has 3 atom stereocenters. The van der Waals surface area contributed by atoms with Gasteiger partial charge in [0.05, 0.1) is 0 Å². The maximum atomic E-state index is 13.2. The van der Waals surface area contributed by atoms with Crippen LogP contribution in [0.25, 0.3) is 0 Å². The molecule has 28 heavy (non-hydrogen) atoms. The molecule has 0 aliphatic carbocycles. The molecular weight excluding hydrogens is 387 g/mol. The Kier molecular flexibility index (Phi) is 6.67. The fourth-order valence-electron chi connectivity index (χ4n) is 3.85. The van der Waals surface area contributed by atoms with E-state index in [1.165, 1.54) is 24.3 Å². The molecule has 2 fully saturated rings. The van der Waals surface area contributed by atoms with Gasteiger partial charge >= 0.3 is 6.03 Å². The van der Waals surface area contributed by atoms with Crippen molar-refractivity contribution in [1.29, 1.82) is 0 Å². The molecule has 4 amide bonds. The summed E-state index contributed by atoms with van der Waals surface area (Å²) < 4.78 is 13.2. The van der Waals surface area contributed by atoms with Crippen LogP contribution in [0.1, 0.15) is 32.3 Å². The number of benzene rings is 1. The molecule has 7 nitrogen and oxygen atoms in total. The van der Waals surface area contributed by atoms with Gasteiger partial charge in [0, 0.05) is 19.1 Å². The number of nitrogens with one attached hydrogen (secondary N) is 1. The summed E-state index contributed by atoms with van der Waals surface area (Å²) in [7, 11) is 0. The second kappa shape index (κ2) is 8.45. The lowest BCUT2D eigenvalue weighted by Gasteiger charge is -2.38. The Morgan fingerprint density at radius 1 is 1.32 bits per heavy atom. The second-order valence-electron chi connectivity index (χ2n) is 7.56. The van der Waals surface area contributed by atoms with E-state index < -0.39 is 23.3 Å². The Bertz CT molecular complexity index is 760. The van der Waals surface area contributed by atoms with E-state index in [1.54, 1.807) is 11.8 Å². The van der Waals surface area contributed by atoms with E-state index in [1.807, 2.05) is 0 Å². The number of amides is 4. The minimum absolute atomic E-state index is 0. The molecule has 0 saturated carbocycles. The zero-order valence-electron chi connectivity index (χ0n) is 16.0. The number of hydrogen-bond acceptors (Lipinski definition) is 4. The summed E-state index contributed by atoms with van der Waals surface area (Å²) in [6.45, 7) is 4.27. The summed E-state index contributed by atoms with van der Waals surface area (Å²) in [6.07, 6.45) is 1.69. The lowest BCUT2D eigenvalue weighted by Crippen LogP contribution is -2.53. The van der Waals surface area contributed by atoms with E-state index in [2.05, 4.69) is 12.2 Å². The van der Waals surface area contributed by atoms with Crippen LogP contribution in [0.15, 0.2) is 24.3 Å². The molecule has 154 valence electrons. The number of likely N-dealkylation sites (tertiary alicyclic amines) is 1. The molecule has 3 rings (SSSR count). The van der Waals surface area contributed by atoms with Gasteiger partial charge in [-0.2, -0.15) is 0 Å². The van der Waals surface area contributed by atoms with E-state index in [0.717, 1.165) is 17.7 Å². The highest BCUT2D eigenvalue weighted by molar-refractivity contribution is 6.09. The van der Waals surface area contributed by atoms with Crippen LogP contribution in [0.3, 0.4) is 0 Å². The van der Waals surface area contributed by atoms with Gasteiger partial charge in [-0.15, -0.1) is 12.4 Å². The number of rotatable bonds is 4. The van der Waals surface area contributed by atoms with E-state index in [9.17, 15) is 18.8 Å². The first-order valence-corrected chi connectivity index (χ1v) is 9.16. The Labute approximate surface area is 169 Å². The van der Waals surface area contributed by atoms with Crippen LogP contribution in [0.4, 0.5) is 9.18 Å². The Hall–Kier alpha value is -2.19. The zero-order valence-corrected chi connectivity index (χ0v) is 16.8. The van der Waals surface area contributed by atoms with Gasteiger partial charge in [0.15, 0.2) is 0 Å². The zero-order chi connectivity index (χ0) is 19.8. The number of piperidine rings is 1. The third kappa shape index (κ3) is 3.98. The molecule has 9 heteroatoms. The predicted octanol–water partition coefficient (Wildman–Crippen LogP) is 1.60. The van der Waals surface area contributed by atoms with E-state index in [-0.39, 0.29) is 30.9 Å². The average Bonchev–Trinajstić information content (AvgIpc) is 2.86. The van der Waals surface area contributed by atoms with Crippen LogP contribution in [-0.2, 0) is 15.1 Å². The molecule has 2 aliphatic heterocycles. The molecular formula is C19H26ClFN4O3. The molecule has 1 aromatic rings. The number of imide groups is 1. The van der Waals surface area contributed by atoms with Crippen molar-refractivity contribution in [3.63, 3.8) is 0 Å². The quantitative estimate of drug-likeness (QED) is 0.734. The first-order valence-electron chi connectivity index (χ1n) is 9.16. The van der Waals surface area contributed by atoms with Crippen molar-refractivity contribution in [2.24, 2.45) is 11.7 Å². The van der Waals surface area contributed by atoms with E-state index in [0.29, 0.717) is 24.6 Å². The molecule has 0 bridgehead atoms. The number of nitrogens with two attached hydrogens (primary N) is 1. The highest BCUT2D eigenvalue weighted by Gasteiger charge is 2.50. The van der Waals surface area contributed by atoms with Crippen molar-refractivity contribution in [3.8, 4) is 0 Å². The Morgan fingerprint density at radius 2 is 1.96 bits per heavy atom. The van der Waals surface area contributed by atoms with Crippen molar-refractivity contribution < 1.29 is 18.8 Å². The van der Waals surface area contributed by atoms with Crippen LogP contribution < -0.4 is 11.1 Å². The minimum atomic E-state index is -1.32. The first kappa shape index (κ1) is 22.1. The summed E-state index contributed by atoms with van der Waals surface area (Å²) in [6, 6.07) is 4.66. The van der Waals surface area contributed by atoms with Crippen LogP contribution >= 0.6 is 12.4 Å². The van der Waals surface area contributed by atoms with Crippen molar-refractivity contribution in [1.82, 2.24) is 15.1 Å². The first-order chi connectivity index (χ1) is 12.8. The van der Waals surface area contributed by atoms with Crippen LogP contribution in [0.5, 0.6) is 0 Å². The summed E-state index contributed by atoms with van der Waals surface area (Å²) >= 11 is 0. The van der Waals surface area contributed by atoms with Crippen molar-refractivity contribution in [3.05, 3.63) is 35.6 Å². The smallest absolute Gasteiger partial charge is 0.325 e. The third-order valence-corrected chi connectivity index (χ3v) is 5.56. The van der Waals surface area contributed by atoms with Gasteiger partial charge in [-0.3, -0.25) is 14.5 Å². The summed E-state index contributed by atoms with van der Waals surface area (Å²) in [4.78, 5) is 40.6. The minimum Gasteiger partial charge on any atom is -0.337 e. The van der Waals surface area contributed by atoms with Gasteiger partial charge in [-0.1, -0.05) is 19.1 Å². The fourth-order valence-corrected chi connectivity index (χ4v) is 3.85. The van der Waals surface area contributed by atoms with Gasteiger partial charge in [0.2, 0.25) is 5.91 Å². The molecule has 1 aromatic carbocycles. The van der Waals surface area contributed by atoms with Crippen LogP contribution in [0, 0.1) is 11.7 Å². The summed E-state index contributed by atoms with van der Waals surface area (Å²) in [5.74, 6) is -0.759. The summed E-state index contributed by atoms with van der Waals surface area (Å²) in [5, 5.41) is 2.63. The largest absolute Gasteiger partial charge is 0.337 e. The topological polar surface area (TPSA) is 95.7 Å². The van der Waals surface area contributed by atoms with Gasteiger partial charge < -0.3 is 16.0 Å². The maximum Gasteiger partial charge on any atom is 0.325 e. The van der Waals surface area contributed by atoms with Crippen molar-refractivity contribution in [2.45, 2.75) is 38.3 Å². The lowest BCUT2D eigenvalue weighted by molar-refractivity contribution is -0.141. The molecule has 0 radical (unpaired) electrons. The van der Waals surface area contributed by atoms with Crippen molar-refractivity contribution >= 4 is 30.3 Å². The molecule has 0 aromatic heterocycles. The highest BCUT2D eigenvalue weighted by Crippen LogP contribution is 2.29. The maximum absolute atomic E-state index is 13.2. The van der Waals surface area contributed by atoms with E-state index in [4.69, 9.17) is 5.73 Å². The van der Waals surface area contributed by atoms with Crippen LogP contribution in [-0.4, -0.2) is 53.3 Å². The van der Waals surface area contributed by atoms with Gasteiger partial charge in [0.25, 0.3) is 5.91 Å². The Morgan fingerprint density at radius 3 is 2.57 bits per heavy atom. The highest BCUT2D eigenvalue weighted by atomic mass is 35.5. The second-order valence-corrected chi connectivity index (χ2v) is 7.56. The van der Waals surface area contributed by atoms with Crippen molar-refractivity contribution in [2.75, 3.05) is 19.6 Å². The number of hydrogen-bond donors (Lipinski definition) is 2. The standard InChI is InChI=1S/C19H25FN4O3.ClH/c1-12-7-8-23(15(9-12)10-21)16(25)11-24-17(26)19(2,22-18(24)27)13-3-5-14(20)6-4-13;/h3-6,12,15H,7-11,21H2,1-2H3,(H,22,27);1H. The number of nitrogens with zero attached hydrogens (tertiary/aromatic N) is 2. The average molecular weight is 413 g/mol. The lowest BCUT2D eigenvalue weighted by atomic mass is 9.91. The van der Waals surface area contributed by atoms with Crippen LogP contribution in [0.2, 0.25) is 0 Å². The number of carbonyl (C=O) groups is 3. The monoisotopic (exact) mass is 412 g/mol. The third-order valence-electron chi connectivity index (χ3n) is 5.56. The SMILES string of the molecule is CC1CCN(C(=O)CN2C(=O)NC(C)(c3ccc(F)cc3)C2=O)C(CN)C1.Cl. The predicted molar refractivity (Wildman–Crippen MR) is 104 cm³/mol.